The Kier molecular flexibility index (Phi) is 5.09. The lowest BCUT2D eigenvalue weighted by atomic mass is 9.50. The summed E-state index contributed by atoms with van der Waals surface area (Å²) in [6.07, 6.45) is -2.64. The molecule has 0 saturated heterocycles. The van der Waals surface area contributed by atoms with E-state index in [2.05, 4.69) is 0 Å². The summed E-state index contributed by atoms with van der Waals surface area (Å²) in [6, 6.07) is 0. The van der Waals surface area contributed by atoms with E-state index in [1.165, 1.54) is 6.92 Å². The zero-order valence-electron chi connectivity index (χ0n) is 17.4. The molecule has 1 amide bonds. The van der Waals surface area contributed by atoms with Gasteiger partial charge in [0.1, 0.15) is 10.7 Å². The first-order valence-corrected chi connectivity index (χ1v) is 10.4. The number of fused-ring (bicyclic) bond motifs is 3. The van der Waals surface area contributed by atoms with Crippen molar-refractivity contribution in [2.45, 2.75) is 31.0 Å². The number of aromatic hydroxyl groups is 1. The number of Topliss-reactive ketones (excluding diaryl/α,β-unsaturated/α-hetero) is 4. The van der Waals surface area contributed by atoms with Gasteiger partial charge in [-0.1, -0.05) is 18.5 Å². The maximum absolute atomic E-state index is 13.5. The first-order valence-electron chi connectivity index (χ1n) is 10.0. The standard InChI is InChI=1S/C20H18ClN3O10/c1-3-6-9(16(28)12(22)11(21)13(6)24(33)34)15(27)10-7(3)14(26)4-2-5(25)8(19(23)31)17(29)20(4,32)18(10)30/h3-4,7-8,10,14,26,28,32H,2,22H2,1H3,(H2,23,31)/t3-,4-,7-,8?,10?,14-,20-/m1/s1. The Balaban J connectivity index is 1.98. The highest BCUT2D eigenvalue weighted by Crippen LogP contribution is 2.57. The van der Waals surface area contributed by atoms with Gasteiger partial charge in [-0.25, -0.2) is 0 Å². The third kappa shape index (κ3) is 2.65. The molecule has 0 radical (unpaired) electrons. The Morgan fingerprint density at radius 1 is 1.24 bits per heavy atom. The number of phenols is 1. The Morgan fingerprint density at radius 3 is 2.35 bits per heavy atom. The lowest BCUT2D eigenvalue weighted by Crippen LogP contribution is -2.72. The Hall–Kier alpha value is -3.42. The van der Waals surface area contributed by atoms with Gasteiger partial charge in [0, 0.05) is 23.8 Å². The van der Waals surface area contributed by atoms with Crippen molar-refractivity contribution in [1.29, 1.82) is 0 Å². The third-order valence-corrected chi connectivity index (χ3v) is 7.64. The van der Waals surface area contributed by atoms with E-state index < -0.39 is 109 Å². The molecule has 7 atom stereocenters. The van der Waals surface area contributed by atoms with E-state index in [1.54, 1.807) is 0 Å². The zero-order valence-corrected chi connectivity index (χ0v) is 18.1. The van der Waals surface area contributed by atoms with Gasteiger partial charge in [0.2, 0.25) is 5.91 Å². The molecule has 0 spiro atoms. The van der Waals surface area contributed by atoms with Gasteiger partial charge in [-0.2, -0.15) is 0 Å². The molecule has 2 fully saturated rings. The van der Waals surface area contributed by atoms with Crippen LogP contribution in [-0.2, 0) is 19.2 Å². The molecule has 180 valence electrons. The summed E-state index contributed by atoms with van der Waals surface area (Å²) >= 11 is 5.96. The molecule has 3 aliphatic carbocycles. The molecule has 14 heteroatoms. The quantitative estimate of drug-likeness (QED) is 0.109. The molecule has 13 nitrogen and oxygen atoms in total. The number of amides is 1. The van der Waals surface area contributed by atoms with Crippen molar-refractivity contribution in [3.8, 4) is 5.75 Å². The second kappa shape index (κ2) is 7.29. The molecule has 34 heavy (non-hydrogen) atoms. The number of carbonyl (C=O) groups is 5. The summed E-state index contributed by atoms with van der Waals surface area (Å²) in [7, 11) is 0. The van der Waals surface area contributed by atoms with Crippen molar-refractivity contribution < 1.29 is 44.2 Å². The van der Waals surface area contributed by atoms with Gasteiger partial charge in [0.25, 0.3) is 5.69 Å². The number of primary amides is 1. The van der Waals surface area contributed by atoms with Crippen LogP contribution in [-0.4, -0.2) is 61.0 Å². The number of phenolic OH excluding ortho intramolecular Hbond substituents is 1. The van der Waals surface area contributed by atoms with Gasteiger partial charge >= 0.3 is 0 Å². The van der Waals surface area contributed by atoms with Crippen LogP contribution < -0.4 is 11.5 Å². The number of benzene rings is 1. The number of hydrogen-bond acceptors (Lipinski definition) is 11. The van der Waals surface area contributed by atoms with E-state index in [0.717, 1.165) is 0 Å². The van der Waals surface area contributed by atoms with Gasteiger partial charge in [-0.15, -0.1) is 0 Å². The van der Waals surface area contributed by atoms with Crippen LogP contribution in [0.15, 0.2) is 0 Å². The maximum atomic E-state index is 13.5. The molecule has 0 heterocycles. The number of aliphatic hydroxyl groups excluding tert-OH is 1. The number of rotatable bonds is 2. The fourth-order valence-electron chi connectivity index (χ4n) is 5.70. The van der Waals surface area contributed by atoms with Crippen LogP contribution in [0.4, 0.5) is 11.4 Å². The first kappa shape index (κ1) is 23.7. The van der Waals surface area contributed by atoms with Crippen LogP contribution in [0.2, 0.25) is 5.02 Å². The second-order valence-electron chi connectivity index (χ2n) is 8.78. The number of nitro benzene ring substituents is 1. The fraction of sp³-hybridized carbons (Fsp3) is 0.450. The van der Waals surface area contributed by atoms with E-state index in [1.807, 2.05) is 0 Å². The molecule has 0 bridgehead atoms. The van der Waals surface area contributed by atoms with E-state index in [9.17, 15) is 49.4 Å². The predicted molar refractivity (Wildman–Crippen MR) is 111 cm³/mol. The topological polar surface area (TPSA) is 241 Å². The highest BCUT2D eigenvalue weighted by atomic mass is 35.5. The molecular formula is C20H18ClN3O10. The summed E-state index contributed by atoms with van der Waals surface area (Å²) in [6.45, 7) is 1.32. The van der Waals surface area contributed by atoms with Crippen molar-refractivity contribution in [3.05, 3.63) is 26.3 Å². The van der Waals surface area contributed by atoms with Gasteiger partial charge in [0.05, 0.1) is 22.5 Å². The smallest absolute Gasteiger partial charge is 0.294 e. The Labute approximate surface area is 194 Å². The molecule has 3 aliphatic rings. The minimum Gasteiger partial charge on any atom is -0.505 e. The van der Waals surface area contributed by atoms with Crippen LogP contribution in [0.1, 0.15) is 35.2 Å². The number of halogens is 1. The molecule has 0 aliphatic heterocycles. The number of nitrogens with two attached hydrogens (primary N) is 2. The summed E-state index contributed by atoms with van der Waals surface area (Å²) < 4.78 is 0. The minimum atomic E-state index is -3.10. The number of ketones is 4. The van der Waals surface area contributed by atoms with E-state index in [-0.39, 0.29) is 5.56 Å². The normalized spacial score (nSPS) is 34.8. The first-order chi connectivity index (χ1) is 15.7. The van der Waals surface area contributed by atoms with Gasteiger partial charge in [-0.3, -0.25) is 34.1 Å². The summed E-state index contributed by atoms with van der Waals surface area (Å²) in [5.74, 6) is -16.0. The molecule has 2 unspecified atom stereocenters. The summed E-state index contributed by atoms with van der Waals surface area (Å²) in [5.41, 5.74) is 5.05. The number of hydrogen-bond donors (Lipinski definition) is 5. The predicted octanol–water partition coefficient (Wildman–Crippen LogP) is -0.997. The largest absolute Gasteiger partial charge is 0.505 e. The summed E-state index contributed by atoms with van der Waals surface area (Å²) in [5, 5.41) is 43.8. The maximum Gasteiger partial charge on any atom is 0.294 e. The number of aliphatic hydroxyl groups is 2. The van der Waals surface area contributed by atoms with Crippen LogP contribution in [0.3, 0.4) is 0 Å². The number of nitrogen functional groups attached to an aromatic ring is 1. The second-order valence-corrected chi connectivity index (χ2v) is 9.15. The van der Waals surface area contributed by atoms with Gasteiger partial charge < -0.3 is 26.8 Å². The average molecular weight is 496 g/mol. The monoisotopic (exact) mass is 495 g/mol. The Morgan fingerprint density at radius 2 is 1.82 bits per heavy atom. The lowest BCUT2D eigenvalue weighted by Gasteiger charge is -2.52. The van der Waals surface area contributed by atoms with E-state index in [4.69, 9.17) is 23.1 Å². The molecule has 1 aromatic rings. The number of anilines is 1. The summed E-state index contributed by atoms with van der Waals surface area (Å²) in [4.78, 5) is 74.7. The van der Waals surface area contributed by atoms with Crippen LogP contribution in [0.5, 0.6) is 5.75 Å². The number of nitro groups is 1. The number of nitrogens with zero attached hydrogens (tertiary/aromatic N) is 1. The highest BCUT2D eigenvalue weighted by Gasteiger charge is 2.70. The van der Waals surface area contributed by atoms with Gasteiger partial charge in [0.15, 0.2) is 40.4 Å². The molecule has 7 N–H and O–H groups in total. The molecular weight excluding hydrogens is 478 g/mol. The van der Waals surface area contributed by atoms with Crippen molar-refractivity contribution >= 4 is 52.0 Å². The van der Waals surface area contributed by atoms with Crippen LogP contribution in [0.25, 0.3) is 0 Å². The zero-order chi connectivity index (χ0) is 25.6. The SMILES string of the molecule is C[C@@H]1c2c(c(O)c(N)c(Cl)c2[N+](=O)[O-])C(=O)C2C(=O)[C@]3(O)C(=O)C(C(N)=O)C(=O)C[C@@H]3[C@@H](O)[C@@H]21. The van der Waals surface area contributed by atoms with E-state index in [0.29, 0.717) is 0 Å². The third-order valence-electron chi connectivity index (χ3n) is 7.26. The minimum absolute atomic E-state index is 0.381. The molecule has 1 aromatic carbocycles. The molecule has 4 rings (SSSR count). The molecule has 2 saturated carbocycles. The van der Waals surface area contributed by atoms with Crippen LogP contribution >= 0.6 is 11.6 Å². The number of carbonyl (C=O) groups excluding carboxylic acids is 5. The Bertz CT molecular complexity index is 1250. The lowest BCUT2D eigenvalue weighted by molar-refractivity contribution is -0.385. The van der Waals surface area contributed by atoms with Crippen molar-refractivity contribution in [2.75, 3.05) is 5.73 Å². The van der Waals surface area contributed by atoms with Gasteiger partial charge in [-0.05, 0) is 5.92 Å². The van der Waals surface area contributed by atoms with Crippen LogP contribution in [0, 0.1) is 33.8 Å². The van der Waals surface area contributed by atoms with E-state index >= 15 is 0 Å². The van der Waals surface area contributed by atoms with Crippen molar-refractivity contribution in [2.24, 2.45) is 29.4 Å². The molecule has 0 aromatic heterocycles. The average Bonchev–Trinajstić information content (AvgIpc) is 2.74. The highest BCUT2D eigenvalue weighted by molar-refractivity contribution is 6.37. The fourth-order valence-corrected chi connectivity index (χ4v) is 5.96. The van der Waals surface area contributed by atoms with Crippen molar-refractivity contribution in [1.82, 2.24) is 0 Å². The van der Waals surface area contributed by atoms with Crippen molar-refractivity contribution in [3.63, 3.8) is 0 Å².